The van der Waals surface area contributed by atoms with Crippen LogP contribution >= 0.6 is 0 Å². The summed E-state index contributed by atoms with van der Waals surface area (Å²) in [6.07, 6.45) is -2.07. The van der Waals surface area contributed by atoms with Crippen molar-refractivity contribution in [1.29, 1.82) is 0 Å². The monoisotopic (exact) mass is 258 g/mol. The number of nitrogens with zero attached hydrogens (tertiary/aromatic N) is 1. The summed E-state index contributed by atoms with van der Waals surface area (Å²) in [5.41, 5.74) is -0.410. The molecule has 1 aliphatic rings. The summed E-state index contributed by atoms with van der Waals surface area (Å²) in [6, 6.07) is 0. The van der Waals surface area contributed by atoms with E-state index in [0.29, 0.717) is 0 Å². The van der Waals surface area contributed by atoms with Crippen molar-refractivity contribution in [3.63, 3.8) is 0 Å². The molecule has 18 heavy (non-hydrogen) atoms. The molecule has 102 valence electrons. The minimum absolute atomic E-state index is 0.0354. The van der Waals surface area contributed by atoms with Crippen molar-refractivity contribution < 1.29 is 24.2 Å². The Morgan fingerprint density at radius 3 is 2.56 bits per heavy atom. The average Bonchev–Trinajstić information content (AvgIpc) is 2.41. The first kappa shape index (κ1) is 14.4. The number of aliphatic hydroxyl groups excluding tert-OH is 1. The standard InChI is InChI=1S/C11H18N2O5/c1-11(2,3)12-10(17)18-5-4-13-8(15)6-7(14)9(13)16/h7,14H,4-6H2,1-3H3,(H,12,17)/t7-/m0/s1. The highest BCUT2D eigenvalue weighted by Crippen LogP contribution is 2.12. The number of hydrogen-bond donors (Lipinski definition) is 2. The summed E-state index contributed by atoms with van der Waals surface area (Å²) in [5.74, 6) is -1.09. The molecule has 0 aromatic carbocycles. The van der Waals surface area contributed by atoms with Crippen LogP contribution in [0.15, 0.2) is 0 Å². The van der Waals surface area contributed by atoms with E-state index in [1.165, 1.54) is 0 Å². The minimum atomic E-state index is -1.26. The predicted octanol–water partition coefficient (Wildman–Crippen LogP) is -0.369. The molecule has 1 aliphatic heterocycles. The van der Waals surface area contributed by atoms with Crippen LogP contribution in [-0.2, 0) is 14.3 Å². The summed E-state index contributed by atoms with van der Waals surface area (Å²) in [6.45, 7) is 5.28. The topological polar surface area (TPSA) is 95.9 Å². The van der Waals surface area contributed by atoms with Crippen molar-refractivity contribution in [2.75, 3.05) is 13.2 Å². The van der Waals surface area contributed by atoms with Gasteiger partial charge in [-0.25, -0.2) is 4.79 Å². The lowest BCUT2D eigenvalue weighted by Crippen LogP contribution is -2.42. The Balaban J connectivity index is 2.32. The maximum Gasteiger partial charge on any atom is 0.407 e. The second kappa shape index (κ2) is 5.34. The van der Waals surface area contributed by atoms with Crippen LogP contribution < -0.4 is 5.32 Å². The first-order valence-electron chi connectivity index (χ1n) is 5.68. The molecule has 1 atom stereocenters. The van der Waals surface area contributed by atoms with Gasteiger partial charge in [-0.05, 0) is 20.8 Å². The largest absolute Gasteiger partial charge is 0.448 e. The predicted molar refractivity (Wildman–Crippen MR) is 61.6 cm³/mol. The maximum absolute atomic E-state index is 11.3. The molecule has 3 amide bonds. The number of aliphatic hydroxyl groups is 1. The van der Waals surface area contributed by atoms with Gasteiger partial charge in [0.2, 0.25) is 5.91 Å². The van der Waals surface area contributed by atoms with Crippen molar-refractivity contribution in [3.8, 4) is 0 Å². The zero-order valence-electron chi connectivity index (χ0n) is 10.7. The fourth-order valence-electron chi connectivity index (χ4n) is 1.47. The highest BCUT2D eigenvalue weighted by Gasteiger charge is 2.36. The van der Waals surface area contributed by atoms with Crippen LogP contribution in [0.1, 0.15) is 27.2 Å². The van der Waals surface area contributed by atoms with Crippen LogP contribution in [-0.4, -0.2) is 52.7 Å². The Labute approximate surface area is 105 Å². The number of alkyl carbamates (subject to hydrolysis) is 1. The first-order valence-corrected chi connectivity index (χ1v) is 5.68. The summed E-state index contributed by atoms with van der Waals surface area (Å²) >= 11 is 0. The quantitative estimate of drug-likeness (QED) is 0.673. The number of carbonyl (C=O) groups is 3. The Morgan fingerprint density at radius 1 is 1.50 bits per heavy atom. The zero-order valence-corrected chi connectivity index (χ0v) is 10.7. The van der Waals surface area contributed by atoms with Crippen molar-refractivity contribution in [3.05, 3.63) is 0 Å². The van der Waals surface area contributed by atoms with E-state index < -0.39 is 29.6 Å². The molecule has 7 heteroatoms. The third-order valence-electron chi connectivity index (χ3n) is 2.25. The molecule has 2 N–H and O–H groups in total. The first-order chi connectivity index (χ1) is 8.20. The molecular weight excluding hydrogens is 240 g/mol. The van der Waals surface area contributed by atoms with Gasteiger partial charge in [-0.3, -0.25) is 14.5 Å². The molecule has 0 spiro atoms. The molecule has 0 unspecified atom stereocenters. The van der Waals surface area contributed by atoms with E-state index in [9.17, 15) is 14.4 Å². The molecular formula is C11H18N2O5. The zero-order chi connectivity index (χ0) is 13.9. The van der Waals surface area contributed by atoms with E-state index in [0.717, 1.165) is 4.90 Å². The van der Waals surface area contributed by atoms with Gasteiger partial charge < -0.3 is 15.2 Å². The van der Waals surface area contributed by atoms with Gasteiger partial charge in [0.1, 0.15) is 12.7 Å². The molecule has 1 saturated heterocycles. The molecule has 0 aromatic rings. The van der Waals surface area contributed by atoms with Crippen LogP contribution in [0.3, 0.4) is 0 Å². The number of rotatable bonds is 3. The molecule has 1 fully saturated rings. The van der Waals surface area contributed by atoms with Crippen molar-refractivity contribution >= 4 is 17.9 Å². The smallest absolute Gasteiger partial charge is 0.407 e. The average molecular weight is 258 g/mol. The second-order valence-corrected chi connectivity index (χ2v) is 5.11. The van der Waals surface area contributed by atoms with Gasteiger partial charge in [0, 0.05) is 5.54 Å². The molecule has 0 aliphatic carbocycles. The van der Waals surface area contributed by atoms with Crippen molar-refractivity contribution in [2.45, 2.75) is 38.8 Å². The third kappa shape index (κ3) is 3.99. The molecule has 7 nitrogen and oxygen atoms in total. The van der Waals surface area contributed by atoms with E-state index in [2.05, 4.69) is 5.32 Å². The number of nitrogens with one attached hydrogen (secondary N) is 1. The van der Waals surface area contributed by atoms with E-state index >= 15 is 0 Å². The van der Waals surface area contributed by atoms with Gasteiger partial charge in [-0.2, -0.15) is 0 Å². The molecule has 0 saturated carbocycles. The highest BCUT2D eigenvalue weighted by atomic mass is 16.5. The normalized spacial score (nSPS) is 20.2. The fourth-order valence-corrected chi connectivity index (χ4v) is 1.47. The van der Waals surface area contributed by atoms with E-state index in [1.54, 1.807) is 20.8 Å². The molecule has 0 bridgehead atoms. The lowest BCUT2D eigenvalue weighted by Gasteiger charge is -2.20. The number of likely N-dealkylation sites (tertiary alicyclic amines) is 1. The number of imide groups is 1. The Hall–Kier alpha value is -1.63. The SMILES string of the molecule is CC(C)(C)NC(=O)OCCN1C(=O)C[C@H](O)C1=O. The lowest BCUT2D eigenvalue weighted by molar-refractivity contribution is -0.141. The van der Waals surface area contributed by atoms with E-state index in [1.807, 2.05) is 0 Å². The molecule has 1 heterocycles. The van der Waals surface area contributed by atoms with Gasteiger partial charge in [-0.15, -0.1) is 0 Å². The van der Waals surface area contributed by atoms with Crippen LogP contribution in [0.5, 0.6) is 0 Å². The van der Waals surface area contributed by atoms with Crippen LogP contribution in [0.2, 0.25) is 0 Å². The second-order valence-electron chi connectivity index (χ2n) is 5.11. The fraction of sp³-hybridized carbons (Fsp3) is 0.727. The van der Waals surface area contributed by atoms with Gasteiger partial charge in [0.25, 0.3) is 5.91 Å². The van der Waals surface area contributed by atoms with Crippen LogP contribution in [0, 0.1) is 0 Å². The van der Waals surface area contributed by atoms with Crippen LogP contribution in [0.25, 0.3) is 0 Å². The summed E-state index contributed by atoms with van der Waals surface area (Å²) in [7, 11) is 0. The summed E-state index contributed by atoms with van der Waals surface area (Å²) in [5, 5.41) is 11.7. The van der Waals surface area contributed by atoms with E-state index in [-0.39, 0.29) is 19.6 Å². The third-order valence-corrected chi connectivity index (χ3v) is 2.25. The van der Waals surface area contributed by atoms with Gasteiger partial charge >= 0.3 is 6.09 Å². The highest BCUT2D eigenvalue weighted by molar-refractivity contribution is 6.04. The lowest BCUT2D eigenvalue weighted by atomic mass is 10.1. The number of hydrogen-bond acceptors (Lipinski definition) is 5. The molecule has 0 aromatic heterocycles. The van der Waals surface area contributed by atoms with Gasteiger partial charge in [0.15, 0.2) is 0 Å². The Morgan fingerprint density at radius 2 is 2.11 bits per heavy atom. The summed E-state index contributed by atoms with van der Waals surface area (Å²) < 4.78 is 4.83. The maximum atomic E-state index is 11.3. The number of ether oxygens (including phenoxy) is 1. The number of amides is 3. The van der Waals surface area contributed by atoms with Gasteiger partial charge in [0.05, 0.1) is 13.0 Å². The minimum Gasteiger partial charge on any atom is -0.448 e. The van der Waals surface area contributed by atoms with Gasteiger partial charge in [-0.1, -0.05) is 0 Å². The summed E-state index contributed by atoms with van der Waals surface area (Å²) in [4.78, 5) is 34.8. The van der Waals surface area contributed by atoms with Crippen LogP contribution in [0.4, 0.5) is 4.79 Å². The number of carbonyl (C=O) groups excluding carboxylic acids is 3. The molecule has 0 radical (unpaired) electrons. The van der Waals surface area contributed by atoms with Crippen molar-refractivity contribution in [2.24, 2.45) is 0 Å². The Kier molecular flexibility index (Phi) is 4.28. The van der Waals surface area contributed by atoms with E-state index in [4.69, 9.17) is 9.84 Å². The Bertz CT molecular complexity index is 361. The van der Waals surface area contributed by atoms with Crippen molar-refractivity contribution in [1.82, 2.24) is 10.2 Å². The molecule has 1 rings (SSSR count).